The van der Waals surface area contributed by atoms with Gasteiger partial charge in [0.2, 0.25) is 0 Å². The lowest BCUT2D eigenvalue weighted by Gasteiger charge is -2.23. The van der Waals surface area contributed by atoms with Crippen molar-refractivity contribution in [2.45, 2.75) is 32.1 Å². The zero-order valence-corrected chi connectivity index (χ0v) is 12.7. The molecule has 1 saturated carbocycles. The lowest BCUT2D eigenvalue weighted by atomic mass is 9.87. The number of methoxy groups -OCH3 is 2. The quantitative estimate of drug-likeness (QED) is 0.871. The summed E-state index contributed by atoms with van der Waals surface area (Å²) < 4.78 is 10.8. The van der Waals surface area contributed by atoms with Crippen molar-refractivity contribution < 1.29 is 19.4 Å². The van der Waals surface area contributed by atoms with Crippen LogP contribution in [0.25, 0.3) is 0 Å². The zero-order valence-electron chi connectivity index (χ0n) is 11.9. The fraction of sp³-hybridized carbons (Fsp3) is 0.533. The molecule has 0 saturated heterocycles. The van der Waals surface area contributed by atoms with E-state index < -0.39 is 5.97 Å². The van der Waals surface area contributed by atoms with Crippen LogP contribution in [0.3, 0.4) is 0 Å². The number of carboxylic acids is 1. The summed E-state index contributed by atoms with van der Waals surface area (Å²) in [5.74, 6) is 0.608. The number of halogens is 1. The average Bonchev–Trinajstić information content (AvgIpc) is 3.19. The Labute approximate surface area is 123 Å². The van der Waals surface area contributed by atoms with Gasteiger partial charge in [-0.15, -0.1) is 0 Å². The van der Waals surface area contributed by atoms with Crippen molar-refractivity contribution in [3.05, 3.63) is 22.2 Å². The second-order valence-electron chi connectivity index (χ2n) is 5.20. The summed E-state index contributed by atoms with van der Waals surface area (Å²) in [7, 11) is 3.09. The number of carboxylic acid groups (broad SMARTS) is 1. The van der Waals surface area contributed by atoms with Crippen LogP contribution in [0.5, 0.6) is 11.5 Å². The van der Waals surface area contributed by atoms with Gasteiger partial charge >= 0.3 is 5.97 Å². The number of aryl methyl sites for hydroxylation is 1. The van der Waals surface area contributed by atoms with Crippen LogP contribution in [-0.4, -0.2) is 25.3 Å². The van der Waals surface area contributed by atoms with Crippen LogP contribution < -0.4 is 9.47 Å². The largest absolute Gasteiger partial charge is 0.492 e. The predicted octanol–water partition coefficient (Wildman–Crippen LogP) is 3.63. The molecule has 2 rings (SSSR count). The van der Waals surface area contributed by atoms with Crippen LogP contribution in [0.1, 0.15) is 36.3 Å². The molecular weight excluding hydrogens is 280 g/mol. The van der Waals surface area contributed by atoms with Gasteiger partial charge in [0, 0.05) is 11.5 Å². The normalized spacial score (nSPS) is 15.8. The van der Waals surface area contributed by atoms with Crippen molar-refractivity contribution in [1.82, 2.24) is 0 Å². The Morgan fingerprint density at radius 1 is 1.40 bits per heavy atom. The lowest BCUT2D eigenvalue weighted by Crippen LogP contribution is -2.12. The Morgan fingerprint density at radius 3 is 2.45 bits per heavy atom. The number of rotatable bonds is 6. The number of hydrogen-bond donors (Lipinski definition) is 1. The van der Waals surface area contributed by atoms with Gasteiger partial charge in [0.25, 0.3) is 0 Å². The molecule has 0 aliphatic heterocycles. The first kappa shape index (κ1) is 15.0. The van der Waals surface area contributed by atoms with Crippen molar-refractivity contribution in [2.24, 2.45) is 5.92 Å². The number of ether oxygens (including phenoxy) is 2. The van der Waals surface area contributed by atoms with Crippen molar-refractivity contribution in [3.63, 3.8) is 0 Å². The van der Waals surface area contributed by atoms with Crippen LogP contribution in [0.2, 0.25) is 5.02 Å². The van der Waals surface area contributed by atoms with Crippen LogP contribution >= 0.6 is 11.6 Å². The molecule has 0 spiro atoms. The van der Waals surface area contributed by atoms with Crippen LogP contribution in [-0.2, 0) is 4.79 Å². The second-order valence-corrected chi connectivity index (χ2v) is 5.60. The molecule has 1 aliphatic carbocycles. The highest BCUT2D eigenvalue weighted by Crippen LogP contribution is 2.51. The SMILES string of the molecule is COc1c(Cl)cc(C)c(C(CC(=O)O)C2CC2)c1OC. The van der Waals surface area contributed by atoms with E-state index in [2.05, 4.69) is 0 Å². The monoisotopic (exact) mass is 298 g/mol. The van der Waals surface area contributed by atoms with E-state index in [9.17, 15) is 4.79 Å². The molecule has 5 heteroatoms. The Balaban J connectivity index is 2.55. The molecule has 1 unspecified atom stereocenters. The minimum absolute atomic E-state index is 0.0476. The molecule has 1 atom stereocenters. The molecule has 20 heavy (non-hydrogen) atoms. The van der Waals surface area contributed by atoms with Gasteiger partial charge in [0.15, 0.2) is 11.5 Å². The maximum atomic E-state index is 11.1. The first-order chi connectivity index (χ1) is 9.49. The number of hydrogen-bond acceptors (Lipinski definition) is 3. The van der Waals surface area contributed by atoms with Crippen molar-refractivity contribution in [3.8, 4) is 11.5 Å². The van der Waals surface area contributed by atoms with Gasteiger partial charge in [-0.05, 0) is 37.3 Å². The maximum absolute atomic E-state index is 11.1. The van der Waals surface area contributed by atoms with Crippen molar-refractivity contribution >= 4 is 17.6 Å². The highest BCUT2D eigenvalue weighted by Gasteiger charge is 2.37. The van der Waals surface area contributed by atoms with Gasteiger partial charge in [0.1, 0.15) is 0 Å². The molecule has 1 aliphatic rings. The van der Waals surface area contributed by atoms with Crippen molar-refractivity contribution in [1.29, 1.82) is 0 Å². The molecule has 1 fully saturated rings. The summed E-state index contributed by atoms with van der Waals surface area (Å²) in [6, 6.07) is 1.81. The summed E-state index contributed by atoms with van der Waals surface area (Å²) in [6.45, 7) is 1.93. The van der Waals surface area contributed by atoms with Crippen LogP contribution in [0, 0.1) is 12.8 Å². The molecule has 0 heterocycles. The maximum Gasteiger partial charge on any atom is 0.303 e. The third kappa shape index (κ3) is 2.85. The summed E-state index contributed by atoms with van der Waals surface area (Å²) in [4.78, 5) is 11.1. The summed E-state index contributed by atoms with van der Waals surface area (Å²) in [5, 5.41) is 9.64. The van der Waals surface area contributed by atoms with E-state index in [4.69, 9.17) is 26.2 Å². The topological polar surface area (TPSA) is 55.8 Å². The molecular formula is C15H19ClO4. The van der Waals surface area contributed by atoms with E-state index in [1.807, 2.05) is 13.0 Å². The second kappa shape index (κ2) is 5.92. The van der Waals surface area contributed by atoms with E-state index >= 15 is 0 Å². The minimum atomic E-state index is -0.794. The van der Waals surface area contributed by atoms with Crippen LogP contribution in [0.15, 0.2) is 6.07 Å². The lowest BCUT2D eigenvalue weighted by molar-refractivity contribution is -0.137. The highest BCUT2D eigenvalue weighted by atomic mass is 35.5. The van der Waals surface area contributed by atoms with Gasteiger partial charge in [-0.2, -0.15) is 0 Å². The highest BCUT2D eigenvalue weighted by molar-refractivity contribution is 6.32. The Bertz CT molecular complexity index is 523. The molecule has 1 aromatic rings. The minimum Gasteiger partial charge on any atom is -0.492 e. The van der Waals surface area contributed by atoms with Crippen LogP contribution in [0.4, 0.5) is 0 Å². The molecule has 0 bridgehead atoms. The standard InChI is InChI=1S/C15H19ClO4/c1-8-6-11(16)14(19-2)15(20-3)13(8)10(7-12(17)18)9-4-5-9/h6,9-10H,4-5,7H2,1-3H3,(H,17,18). The smallest absolute Gasteiger partial charge is 0.303 e. The van der Waals surface area contributed by atoms with E-state index in [1.54, 1.807) is 7.11 Å². The molecule has 110 valence electrons. The van der Waals surface area contributed by atoms with Crippen molar-refractivity contribution in [2.75, 3.05) is 14.2 Å². The fourth-order valence-corrected chi connectivity index (χ4v) is 3.11. The van der Waals surface area contributed by atoms with Gasteiger partial charge in [-0.3, -0.25) is 4.79 Å². The van der Waals surface area contributed by atoms with Gasteiger partial charge in [-0.25, -0.2) is 0 Å². The molecule has 0 amide bonds. The first-order valence-corrected chi connectivity index (χ1v) is 7.00. The summed E-state index contributed by atoms with van der Waals surface area (Å²) in [6.07, 6.45) is 2.23. The van der Waals surface area contributed by atoms with E-state index in [-0.39, 0.29) is 12.3 Å². The van der Waals surface area contributed by atoms with E-state index in [1.165, 1.54) is 7.11 Å². The van der Waals surface area contributed by atoms with E-state index in [0.29, 0.717) is 22.4 Å². The molecule has 1 N–H and O–H groups in total. The molecule has 1 aromatic carbocycles. The Morgan fingerprint density at radius 2 is 2.00 bits per heavy atom. The third-order valence-corrected chi connectivity index (χ3v) is 4.08. The average molecular weight is 299 g/mol. The third-order valence-electron chi connectivity index (χ3n) is 3.80. The summed E-state index contributed by atoms with van der Waals surface area (Å²) >= 11 is 6.17. The zero-order chi connectivity index (χ0) is 14.9. The first-order valence-electron chi connectivity index (χ1n) is 6.62. The molecule has 4 nitrogen and oxygen atoms in total. The predicted molar refractivity (Wildman–Crippen MR) is 77.0 cm³/mol. The Kier molecular flexibility index (Phi) is 4.43. The Hall–Kier alpha value is -1.42. The van der Waals surface area contributed by atoms with Gasteiger partial charge in [0.05, 0.1) is 25.7 Å². The summed E-state index contributed by atoms with van der Waals surface area (Å²) in [5.41, 5.74) is 1.87. The number of carbonyl (C=O) groups is 1. The van der Waals surface area contributed by atoms with Gasteiger partial charge in [-0.1, -0.05) is 11.6 Å². The van der Waals surface area contributed by atoms with Gasteiger partial charge < -0.3 is 14.6 Å². The molecule has 0 radical (unpaired) electrons. The fourth-order valence-electron chi connectivity index (χ4n) is 2.79. The van der Waals surface area contributed by atoms with E-state index in [0.717, 1.165) is 24.0 Å². The number of aliphatic carboxylic acids is 1. The number of benzene rings is 1. The molecule has 0 aromatic heterocycles.